The number of hydrogen-bond donors (Lipinski definition) is 0. The van der Waals surface area contributed by atoms with Gasteiger partial charge in [0, 0.05) is 23.1 Å². The highest BCUT2D eigenvalue weighted by Crippen LogP contribution is 2.31. The van der Waals surface area contributed by atoms with Crippen LogP contribution in [0, 0.1) is 0 Å². The summed E-state index contributed by atoms with van der Waals surface area (Å²) in [6, 6.07) is 12.9. The lowest BCUT2D eigenvalue weighted by Crippen LogP contribution is -2.00. The van der Waals surface area contributed by atoms with Gasteiger partial charge >= 0.3 is 0 Å². The van der Waals surface area contributed by atoms with Gasteiger partial charge in [-0.3, -0.25) is 4.79 Å². The fourth-order valence-corrected chi connectivity index (χ4v) is 2.90. The van der Waals surface area contributed by atoms with E-state index in [1.165, 1.54) is 0 Å². The van der Waals surface area contributed by atoms with Gasteiger partial charge in [0.1, 0.15) is 11.5 Å². The normalized spacial score (nSPS) is 12.9. The minimum atomic E-state index is 0.168. The number of carbonyl (C=O) groups excluding carboxylic acids is 1. The molecule has 0 amide bonds. The average molecular weight is 336 g/mol. The zero-order chi connectivity index (χ0) is 17.2. The Morgan fingerprint density at radius 3 is 2.76 bits per heavy atom. The van der Waals surface area contributed by atoms with Crippen molar-refractivity contribution in [3.63, 3.8) is 0 Å². The second-order valence-electron chi connectivity index (χ2n) is 5.74. The number of benzene rings is 2. The van der Waals surface area contributed by atoms with Crippen molar-refractivity contribution in [3.8, 4) is 23.0 Å². The van der Waals surface area contributed by atoms with Gasteiger partial charge < -0.3 is 14.0 Å². The van der Waals surface area contributed by atoms with Gasteiger partial charge in [-0.25, -0.2) is 0 Å². The van der Waals surface area contributed by atoms with Crippen LogP contribution in [0.25, 0.3) is 11.5 Å². The molecule has 0 fully saturated rings. The van der Waals surface area contributed by atoms with E-state index in [-0.39, 0.29) is 12.4 Å². The second kappa shape index (κ2) is 6.39. The zero-order valence-corrected chi connectivity index (χ0v) is 13.7. The number of carbonyl (C=O) groups is 1. The Hall–Kier alpha value is -3.15. The Labute approximate surface area is 144 Å². The van der Waals surface area contributed by atoms with E-state index in [1.807, 2.05) is 42.5 Å². The number of nitrogens with zero attached hydrogens (tertiary/aromatic N) is 2. The van der Waals surface area contributed by atoms with Gasteiger partial charge in [-0.2, -0.15) is 4.98 Å². The van der Waals surface area contributed by atoms with Crippen molar-refractivity contribution in [1.29, 1.82) is 0 Å². The first-order valence-electron chi connectivity index (χ1n) is 7.99. The maximum Gasteiger partial charge on any atom is 0.258 e. The van der Waals surface area contributed by atoms with Crippen LogP contribution in [-0.4, -0.2) is 23.0 Å². The highest BCUT2D eigenvalue weighted by molar-refractivity contribution is 6.01. The molecule has 0 atom stereocenters. The maximum absolute atomic E-state index is 11.8. The van der Waals surface area contributed by atoms with Crippen molar-refractivity contribution in [2.45, 2.75) is 19.4 Å². The quantitative estimate of drug-likeness (QED) is 0.710. The Kier molecular flexibility index (Phi) is 3.93. The van der Waals surface area contributed by atoms with E-state index in [4.69, 9.17) is 14.0 Å². The summed E-state index contributed by atoms with van der Waals surface area (Å²) in [5, 5.41) is 3.95. The van der Waals surface area contributed by atoms with Crippen LogP contribution >= 0.6 is 0 Å². The molecule has 2 aromatic carbocycles. The third-order valence-electron chi connectivity index (χ3n) is 4.20. The molecule has 0 spiro atoms. The van der Waals surface area contributed by atoms with Gasteiger partial charge in [-0.1, -0.05) is 17.3 Å². The molecule has 0 aliphatic heterocycles. The lowest BCUT2D eigenvalue weighted by atomic mass is 10.1. The van der Waals surface area contributed by atoms with E-state index in [2.05, 4.69) is 10.1 Å². The first-order chi connectivity index (χ1) is 12.2. The van der Waals surface area contributed by atoms with Crippen LogP contribution in [0.1, 0.15) is 28.2 Å². The molecule has 0 saturated heterocycles. The van der Waals surface area contributed by atoms with Crippen molar-refractivity contribution in [2.75, 3.05) is 7.11 Å². The molecule has 6 nitrogen and oxygen atoms in total. The van der Waals surface area contributed by atoms with Crippen LogP contribution in [0.4, 0.5) is 0 Å². The number of ether oxygens (including phenoxy) is 2. The van der Waals surface area contributed by atoms with Crippen LogP contribution in [0.2, 0.25) is 0 Å². The summed E-state index contributed by atoms with van der Waals surface area (Å²) in [6.45, 7) is 0.185. The average Bonchev–Trinajstić information content (AvgIpc) is 3.28. The highest BCUT2D eigenvalue weighted by atomic mass is 16.5. The summed E-state index contributed by atoms with van der Waals surface area (Å²) < 4.78 is 16.2. The van der Waals surface area contributed by atoms with Crippen molar-refractivity contribution in [2.24, 2.45) is 0 Å². The van der Waals surface area contributed by atoms with E-state index in [0.29, 0.717) is 30.3 Å². The summed E-state index contributed by atoms with van der Waals surface area (Å²) in [4.78, 5) is 16.1. The number of fused-ring (bicyclic) bond motifs is 1. The molecule has 1 aromatic heterocycles. The summed E-state index contributed by atoms with van der Waals surface area (Å²) in [6.07, 6.45) is 1.26. The van der Waals surface area contributed by atoms with E-state index in [1.54, 1.807) is 7.11 Å². The van der Waals surface area contributed by atoms with Crippen LogP contribution in [0.15, 0.2) is 47.0 Å². The molecule has 0 radical (unpaired) electrons. The summed E-state index contributed by atoms with van der Waals surface area (Å²) in [7, 11) is 1.62. The summed E-state index contributed by atoms with van der Waals surface area (Å²) >= 11 is 0. The first-order valence-corrected chi connectivity index (χ1v) is 7.99. The molecule has 4 rings (SSSR count). The molecule has 3 aromatic rings. The molecule has 126 valence electrons. The monoisotopic (exact) mass is 336 g/mol. The van der Waals surface area contributed by atoms with Crippen LogP contribution in [0.3, 0.4) is 0 Å². The van der Waals surface area contributed by atoms with E-state index < -0.39 is 0 Å². The molecule has 0 saturated carbocycles. The maximum atomic E-state index is 11.8. The van der Waals surface area contributed by atoms with Crippen molar-refractivity contribution >= 4 is 5.78 Å². The van der Waals surface area contributed by atoms with Gasteiger partial charge in [0.15, 0.2) is 12.4 Å². The van der Waals surface area contributed by atoms with Gasteiger partial charge in [0.2, 0.25) is 5.82 Å². The Bertz CT molecular complexity index is 915. The molecular formula is C19H16N2O4. The van der Waals surface area contributed by atoms with Gasteiger partial charge in [0.05, 0.1) is 7.11 Å². The number of hydrogen-bond acceptors (Lipinski definition) is 6. The molecule has 1 aliphatic rings. The van der Waals surface area contributed by atoms with Crippen molar-refractivity contribution in [1.82, 2.24) is 10.1 Å². The van der Waals surface area contributed by atoms with Crippen LogP contribution in [-0.2, 0) is 13.0 Å². The van der Waals surface area contributed by atoms with E-state index in [9.17, 15) is 4.79 Å². The number of aromatic nitrogens is 2. The lowest BCUT2D eigenvalue weighted by Gasteiger charge is -2.08. The third-order valence-corrected chi connectivity index (χ3v) is 4.20. The first kappa shape index (κ1) is 15.4. The fourth-order valence-electron chi connectivity index (χ4n) is 2.90. The molecule has 6 heteroatoms. The topological polar surface area (TPSA) is 74.5 Å². The molecule has 0 N–H and O–H groups in total. The smallest absolute Gasteiger partial charge is 0.258 e. The van der Waals surface area contributed by atoms with E-state index in [0.717, 1.165) is 22.4 Å². The van der Waals surface area contributed by atoms with Gasteiger partial charge in [-0.15, -0.1) is 0 Å². The number of rotatable bonds is 5. The van der Waals surface area contributed by atoms with Crippen LogP contribution < -0.4 is 9.47 Å². The Morgan fingerprint density at radius 2 is 1.96 bits per heavy atom. The molecule has 0 unspecified atom stereocenters. The molecule has 1 heterocycles. The predicted molar refractivity (Wildman–Crippen MR) is 89.7 cm³/mol. The minimum Gasteiger partial charge on any atom is -0.497 e. The second-order valence-corrected chi connectivity index (χ2v) is 5.74. The third kappa shape index (κ3) is 2.98. The molecular weight excluding hydrogens is 320 g/mol. The predicted octanol–water partition coefficient (Wildman–Crippen LogP) is 3.45. The minimum absolute atomic E-state index is 0.168. The number of methoxy groups -OCH3 is 1. The Morgan fingerprint density at radius 1 is 1.12 bits per heavy atom. The molecule has 0 bridgehead atoms. The molecule has 25 heavy (non-hydrogen) atoms. The zero-order valence-electron chi connectivity index (χ0n) is 13.7. The summed E-state index contributed by atoms with van der Waals surface area (Å²) in [5.74, 6) is 2.52. The largest absolute Gasteiger partial charge is 0.497 e. The van der Waals surface area contributed by atoms with Crippen molar-refractivity contribution < 1.29 is 18.8 Å². The van der Waals surface area contributed by atoms with Crippen molar-refractivity contribution in [3.05, 3.63) is 59.4 Å². The number of ketones is 1. The van der Waals surface area contributed by atoms with Gasteiger partial charge in [0.25, 0.3) is 5.89 Å². The van der Waals surface area contributed by atoms with Gasteiger partial charge in [-0.05, 0) is 36.8 Å². The summed E-state index contributed by atoms with van der Waals surface area (Å²) in [5.41, 5.74) is 2.53. The van der Waals surface area contributed by atoms with E-state index >= 15 is 0 Å². The standard InChI is InChI=1S/C19H16N2O4/c1-23-13-7-5-12(6-8-13)19-20-18(21-25-19)11-24-17-4-2-3-14-15(17)9-10-16(14)22/h2-8H,9-11H2,1H3. The molecule has 1 aliphatic carbocycles. The number of Topliss-reactive ketones (excluding diaryl/α,β-unsaturated/α-hetero) is 1. The Balaban J connectivity index is 1.48. The highest BCUT2D eigenvalue weighted by Gasteiger charge is 2.22. The SMILES string of the molecule is COc1ccc(-c2nc(COc3cccc4c3CCC4=O)no2)cc1. The fraction of sp³-hybridized carbons (Fsp3) is 0.211. The lowest BCUT2D eigenvalue weighted by molar-refractivity contribution is 0.0994. The van der Waals surface area contributed by atoms with Crippen LogP contribution in [0.5, 0.6) is 11.5 Å².